The molecular weight excluding hydrogens is 282 g/mol. The van der Waals surface area contributed by atoms with Gasteiger partial charge in [-0.3, -0.25) is 4.90 Å². The molecule has 120 valence electrons. The minimum Gasteiger partial charge on any atom is -0.375 e. The van der Waals surface area contributed by atoms with Gasteiger partial charge in [-0.25, -0.2) is 0 Å². The first-order chi connectivity index (χ1) is 11.3. The van der Waals surface area contributed by atoms with Gasteiger partial charge in [0.15, 0.2) is 0 Å². The van der Waals surface area contributed by atoms with Gasteiger partial charge in [-0.05, 0) is 24.5 Å². The summed E-state index contributed by atoms with van der Waals surface area (Å²) in [4.78, 5) is 2.53. The fraction of sp³-hybridized carbons (Fsp3) is 0.333. The van der Waals surface area contributed by atoms with Crippen molar-refractivity contribution in [2.45, 2.75) is 25.5 Å². The van der Waals surface area contributed by atoms with Crippen molar-refractivity contribution in [3.8, 4) is 12.8 Å². The molecule has 2 heteroatoms. The molecular formula is C21H25NO. The Bertz CT molecular complexity index is 579. The van der Waals surface area contributed by atoms with Crippen LogP contribution in [-0.2, 0) is 11.2 Å². The van der Waals surface area contributed by atoms with Crippen molar-refractivity contribution in [3.05, 3.63) is 71.8 Å². The summed E-state index contributed by atoms with van der Waals surface area (Å²) >= 11 is 0. The van der Waals surface area contributed by atoms with Gasteiger partial charge in [0, 0.05) is 19.1 Å². The number of terminal acetylenes is 1. The topological polar surface area (TPSA) is 12.5 Å². The van der Waals surface area contributed by atoms with E-state index in [1.807, 2.05) is 0 Å². The Morgan fingerprint density at radius 2 is 1.65 bits per heavy atom. The molecule has 0 saturated carbocycles. The zero-order valence-corrected chi connectivity index (χ0v) is 13.8. The maximum atomic E-state index is 5.96. The van der Waals surface area contributed by atoms with E-state index >= 15 is 0 Å². The van der Waals surface area contributed by atoms with Crippen LogP contribution in [0.3, 0.4) is 0 Å². The van der Waals surface area contributed by atoms with E-state index in [1.165, 1.54) is 11.1 Å². The molecule has 23 heavy (non-hydrogen) atoms. The Labute approximate surface area is 140 Å². The molecule has 2 nitrogen and oxygen atoms in total. The molecule has 0 amide bonds. The molecule has 0 aliphatic carbocycles. The second-order valence-corrected chi connectivity index (χ2v) is 5.76. The summed E-state index contributed by atoms with van der Waals surface area (Å²) in [5.74, 6) is 0. The predicted molar refractivity (Wildman–Crippen MR) is 96.2 cm³/mol. The van der Waals surface area contributed by atoms with Crippen molar-refractivity contribution in [2.24, 2.45) is 0 Å². The van der Waals surface area contributed by atoms with Gasteiger partial charge in [-0.1, -0.05) is 60.7 Å². The number of hydrogen-bond acceptors (Lipinski definition) is 2. The fourth-order valence-corrected chi connectivity index (χ4v) is 3.04. The van der Waals surface area contributed by atoms with Crippen LogP contribution < -0.4 is 0 Å². The zero-order chi connectivity index (χ0) is 16.5. The molecule has 1 aliphatic rings. The van der Waals surface area contributed by atoms with Gasteiger partial charge in [-0.2, -0.15) is 0 Å². The first-order valence-corrected chi connectivity index (χ1v) is 8.11. The molecule has 0 bridgehead atoms. The normalized spacial score (nSPS) is 19.3. The first kappa shape index (κ1) is 17.3. The third-order valence-electron chi connectivity index (χ3n) is 4.31. The molecule has 0 radical (unpaired) electrons. The zero-order valence-electron chi connectivity index (χ0n) is 13.8. The van der Waals surface area contributed by atoms with Gasteiger partial charge >= 0.3 is 0 Å². The van der Waals surface area contributed by atoms with Gasteiger partial charge in [-0.15, -0.1) is 12.8 Å². The van der Waals surface area contributed by atoms with Gasteiger partial charge in [0.05, 0.1) is 12.7 Å². The monoisotopic (exact) mass is 307 g/mol. The Kier molecular flexibility index (Phi) is 6.87. The van der Waals surface area contributed by atoms with Crippen LogP contribution in [0.4, 0.5) is 0 Å². The second kappa shape index (κ2) is 9.15. The van der Waals surface area contributed by atoms with Crippen LogP contribution in [0, 0.1) is 12.8 Å². The van der Waals surface area contributed by atoms with Crippen molar-refractivity contribution in [1.82, 2.24) is 4.90 Å². The molecule has 1 saturated heterocycles. The van der Waals surface area contributed by atoms with Crippen molar-refractivity contribution in [2.75, 3.05) is 19.7 Å². The van der Waals surface area contributed by atoms with Crippen molar-refractivity contribution in [3.63, 3.8) is 0 Å². The van der Waals surface area contributed by atoms with E-state index in [2.05, 4.69) is 85.3 Å². The fourth-order valence-electron chi connectivity index (χ4n) is 3.04. The second-order valence-electron chi connectivity index (χ2n) is 5.76. The molecule has 0 N–H and O–H groups in total. The summed E-state index contributed by atoms with van der Waals surface area (Å²) in [5, 5.41) is 0. The highest BCUT2D eigenvalue weighted by Crippen LogP contribution is 2.23. The quantitative estimate of drug-likeness (QED) is 0.793. The van der Waals surface area contributed by atoms with Crippen LogP contribution in [-0.4, -0.2) is 30.7 Å². The third kappa shape index (κ3) is 4.96. The number of morpholine rings is 1. The van der Waals surface area contributed by atoms with E-state index < -0.39 is 0 Å². The predicted octanol–water partition coefficient (Wildman–Crippen LogP) is 3.94. The van der Waals surface area contributed by atoms with E-state index in [4.69, 9.17) is 4.74 Å². The Morgan fingerprint density at radius 3 is 2.30 bits per heavy atom. The molecule has 2 aromatic carbocycles. The summed E-state index contributed by atoms with van der Waals surface area (Å²) in [6.07, 6.45) is 9.30. The van der Waals surface area contributed by atoms with E-state index in [1.54, 1.807) is 0 Å². The number of benzene rings is 2. The molecule has 1 unspecified atom stereocenters. The Morgan fingerprint density at radius 1 is 1.04 bits per heavy atom. The van der Waals surface area contributed by atoms with Crippen LogP contribution >= 0.6 is 0 Å². The van der Waals surface area contributed by atoms with Gasteiger partial charge in [0.1, 0.15) is 0 Å². The summed E-state index contributed by atoms with van der Waals surface area (Å²) in [5.41, 5.74) is 2.74. The number of rotatable bonds is 4. The maximum absolute atomic E-state index is 5.96. The summed E-state index contributed by atoms with van der Waals surface area (Å²) in [6.45, 7) is 5.14. The number of hydrogen-bond donors (Lipinski definition) is 0. The molecule has 1 fully saturated rings. The highest BCUT2D eigenvalue weighted by Gasteiger charge is 2.24. The lowest BCUT2D eigenvalue weighted by atomic mass is 10.0. The Balaban J connectivity index is 0.000000924. The van der Waals surface area contributed by atoms with Crippen LogP contribution in [0.15, 0.2) is 60.7 Å². The highest BCUT2D eigenvalue weighted by atomic mass is 16.5. The van der Waals surface area contributed by atoms with Crippen LogP contribution in [0.1, 0.15) is 24.1 Å². The lowest BCUT2D eigenvalue weighted by Gasteiger charge is -2.37. The Hall–Kier alpha value is -2.08. The molecule has 2 atom stereocenters. The maximum Gasteiger partial charge on any atom is 0.0743 e. The van der Waals surface area contributed by atoms with Gasteiger partial charge in [0.25, 0.3) is 0 Å². The number of ether oxygens (including phenoxy) is 1. The van der Waals surface area contributed by atoms with Crippen molar-refractivity contribution >= 4 is 0 Å². The largest absolute Gasteiger partial charge is 0.375 e. The first-order valence-electron chi connectivity index (χ1n) is 8.11. The standard InChI is InChI=1S/C19H23NO.C2H2/c1-16(18-10-6-3-7-11-18)20-12-13-21-19(15-20)14-17-8-4-2-5-9-17;1-2/h2-11,16,19H,12-15H2,1H3;1-2H/t16-,19?;/m1./s1. The summed E-state index contributed by atoms with van der Waals surface area (Å²) in [7, 11) is 0. The molecule has 1 heterocycles. The SMILES string of the molecule is C#C.C[C@H](c1ccccc1)N1CCOC(Cc2ccccc2)C1. The lowest BCUT2D eigenvalue weighted by Crippen LogP contribution is -2.44. The average Bonchev–Trinajstić information content (AvgIpc) is 2.64. The van der Waals surface area contributed by atoms with Crippen molar-refractivity contribution in [1.29, 1.82) is 0 Å². The molecule has 3 rings (SSSR count). The van der Waals surface area contributed by atoms with Gasteiger partial charge < -0.3 is 4.74 Å². The molecule has 0 aromatic heterocycles. The molecule has 2 aromatic rings. The molecule has 1 aliphatic heterocycles. The van der Waals surface area contributed by atoms with E-state index in [9.17, 15) is 0 Å². The molecule has 0 spiro atoms. The van der Waals surface area contributed by atoms with Gasteiger partial charge in [0.2, 0.25) is 0 Å². The van der Waals surface area contributed by atoms with Crippen LogP contribution in [0.25, 0.3) is 0 Å². The van der Waals surface area contributed by atoms with E-state index in [0.717, 1.165) is 26.1 Å². The minimum absolute atomic E-state index is 0.298. The summed E-state index contributed by atoms with van der Waals surface area (Å²) in [6, 6.07) is 21.8. The third-order valence-corrected chi connectivity index (χ3v) is 4.31. The summed E-state index contributed by atoms with van der Waals surface area (Å²) < 4.78 is 5.96. The minimum atomic E-state index is 0.298. The highest BCUT2D eigenvalue weighted by molar-refractivity contribution is 5.19. The van der Waals surface area contributed by atoms with Crippen LogP contribution in [0.5, 0.6) is 0 Å². The van der Waals surface area contributed by atoms with Crippen molar-refractivity contribution < 1.29 is 4.74 Å². The lowest BCUT2D eigenvalue weighted by molar-refractivity contribution is -0.0406. The van der Waals surface area contributed by atoms with Crippen LogP contribution in [0.2, 0.25) is 0 Å². The average molecular weight is 307 g/mol. The van der Waals surface area contributed by atoms with E-state index in [-0.39, 0.29) is 0 Å². The van der Waals surface area contributed by atoms with E-state index in [0.29, 0.717) is 12.1 Å². The number of nitrogens with zero attached hydrogens (tertiary/aromatic N) is 1. The smallest absolute Gasteiger partial charge is 0.0743 e.